The van der Waals surface area contributed by atoms with Crippen molar-refractivity contribution < 1.29 is 13.9 Å². The fourth-order valence-corrected chi connectivity index (χ4v) is 2.89. The summed E-state index contributed by atoms with van der Waals surface area (Å²) in [6, 6.07) is 6.81. The Hall–Kier alpha value is -1.62. The molecule has 128 valence electrons. The van der Waals surface area contributed by atoms with Gasteiger partial charge in [-0.2, -0.15) is 0 Å². The molecule has 23 heavy (non-hydrogen) atoms. The maximum atomic E-state index is 13.2. The van der Waals surface area contributed by atoms with E-state index in [4.69, 9.17) is 4.74 Å². The van der Waals surface area contributed by atoms with Crippen LogP contribution in [0.25, 0.3) is 0 Å². The van der Waals surface area contributed by atoms with Crippen molar-refractivity contribution in [2.45, 2.75) is 64.8 Å². The van der Waals surface area contributed by atoms with Gasteiger partial charge in [0, 0.05) is 25.2 Å². The predicted octanol–water partition coefficient (Wildman–Crippen LogP) is 3.70. The molecule has 1 amide bonds. The van der Waals surface area contributed by atoms with Crippen LogP contribution in [0.3, 0.4) is 0 Å². The lowest BCUT2D eigenvalue weighted by atomic mass is 9.97. The lowest BCUT2D eigenvalue weighted by molar-refractivity contribution is 0.00699. The number of nitrogens with zero attached hydrogens (tertiary/aromatic N) is 1. The monoisotopic (exact) mass is 322 g/mol. The van der Waals surface area contributed by atoms with Crippen molar-refractivity contribution in [1.29, 1.82) is 0 Å². The van der Waals surface area contributed by atoms with Crippen molar-refractivity contribution in [2.75, 3.05) is 6.54 Å². The molecular weight excluding hydrogens is 295 g/mol. The molecule has 4 nitrogen and oxygen atoms in total. The molecule has 1 aliphatic heterocycles. The Morgan fingerprint density at radius 1 is 1.43 bits per heavy atom. The molecule has 2 rings (SSSR count). The summed E-state index contributed by atoms with van der Waals surface area (Å²) in [4.78, 5) is 14.1. The SMILES string of the molecule is CC1C(NCc2cccc(F)c2)CCCN1C(=O)OC(C)(C)C. The number of hydrogen-bond acceptors (Lipinski definition) is 3. The van der Waals surface area contributed by atoms with E-state index >= 15 is 0 Å². The second kappa shape index (κ2) is 7.30. The van der Waals surface area contributed by atoms with E-state index in [1.54, 1.807) is 11.0 Å². The Balaban J connectivity index is 1.94. The van der Waals surface area contributed by atoms with Crippen LogP contribution in [0, 0.1) is 5.82 Å². The van der Waals surface area contributed by atoms with Crippen LogP contribution in [0.1, 0.15) is 46.1 Å². The summed E-state index contributed by atoms with van der Waals surface area (Å²) in [6.07, 6.45) is 1.67. The highest BCUT2D eigenvalue weighted by molar-refractivity contribution is 5.68. The molecule has 0 aromatic heterocycles. The highest BCUT2D eigenvalue weighted by Gasteiger charge is 2.33. The third kappa shape index (κ3) is 5.20. The Morgan fingerprint density at radius 2 is 2.17 bits per heavy atom. The molecule has 5 heteroatoms. The van der Waals surface area contributed by atoms with Gasteiger partial charge in [-0.3, -0.25) is 0 Å². The minimum atomic E-state index is -0.487. The summed E-state index contributed by atoms with van der Waals surface area (Å²) in [5, 5.41) is 3.45. The fourth-order valence-electron chi connectivity index (χ4n) is 2.89. The number of benzene rings is 1. The highest BCUT2D eigenvalue weighted by atomic mass is 19.1. The maximum absolute atomic E-state index is 13.2. The van der Waals surface area contributed by atoms with Crippen molar-refractivity contribution >= 4 is 6.09 Å². The average molecular weight is 322 g/mol. The second-order valence-electron chi connectivity index (χ2n) is 7.17. The summed E-state index contributed by atoms with van der Waals surface area (Å²) in [7, 11) is 0. The first-order valence-electron chi connectivity index (χ1n) is 8.24. The molecule has 1 fully saturated rings. The Kier molecular flexibility index (Phi) is 5.63. The van der Waals surface area contributed by atoms with Crippen LogP contribution in [0.2, 0.25) is 0 Å². The number of carbonyl (C=O) groups is 1. The van der Waals surface area contributed by atoms with E-state index in [-0.39, 0.29) is 24.0 Å². The molecule has 1 heterocycles. The first-order valence-corrected chi connectivity index (χ1v) is 8.24. The van der Waals surface area contributed by atoms with E-state index in [9.17, 15) is 9.18 Å². The largest absolute Gasteiger partial charge is 0.444 e. The zero-order valence-electron chi connectivity index (χ0n) is 14.4. The minimum Gasteiger partial charge on any atom is -0.444 e. The number of amides is 1. The summed E-state index contributed by atoms with van der Waals surface area (Å²) < 4.78 is 18.7. The number of rotatable bonds is 3. The number of piperidine rings is 1. The van der Waals surface area contributed by atoms with Gasteiger partial charge in [0.1, 0.15) is 11.4 Å². The second-order valence-corrected chi connectivity index (χ2v) is 7.17. The summed E-state index contributed by atoms with van der Waals surface area (Å²) >= 11 is 0. The molecule has 0 aliphatic carbocycles. The molecule has 0 spiro atoms. The Bertz CT molecular complexity index is 542. The molecule has 0 bridgehead atoms. The number of halogens is 1. The first-order chi connectivity index (χ1) is 10.8. The number of likely N-dealkylation sites (tertiary alicyclic amines) is 1. The van der Waals surface area contributed by atoms with Gasteiger partial charge in [0.25, 0.3) is 0 Å². The average Bonchev–Trinajstić information content (AvgIpc) is 2.44. The molecule has 0 saturated carbocycles. The van der Waals surface area contributed by atoms with Crippen molar-refractivity contribution in [2.24, 2.45) is 0 Å². The zero-order chi connectivity index (χ0) is 17.0. The van der Waals surface area contributed by atoms with Crippen LogP contribution >= 0.6 is 0 Å². The molecule has 1 aliphatic rings. The third-order valence-electron chi connectivity index (χ3n) is 4.07. The van der Waals surface area contributed by atoms with E-state index < -0.39 is 5.60 Å². The van der Waals surface area contributed by atoms with Gasteiger partial charge in [0.2, 0.25) is 0 Å². The predicted molar refractivity (Wildman–Crippen MR) is 88.7 cm³/mol. The maximum Gasteiger partial charge on any atom is 0.410 e. The molecule has 1 saturated heterocycles. The Labute approximate surface area is 138 Å². The number of ether oxygens (including phenoxy) is 1. The molecular formula is C18H27FN2O2. The normalized spacial score (nSPS) is 22.0. The van der Waals surface area contributed by atoms with Crippen molar-refractivity contribution in [3.8, 4) is 0 Å². The van der Waals surface area contributed by atoms with E-state index in [1.807, 2.05) is 33.8 Å². The smallest absolute Gasteiger partial charge is 0.410 e. The molecule has 1 aromatic carbocycles. The van der Waals surface area contributed by atoms with Gasteiger partial charge in [0.15, 0.2) is 0 Å². The molecule has 2 atom stereocenters. The van der Waals surface area contributed by atoms with Crippen molar-refractivity contribution in [3.63, 3.8) is 0 Å². The van der Waals surface area contributed by atoms with Crippen LogP contribution < -0.4 is 5.32 Å². The van der Waals surface area contributed by atoms with Gasteiger partial charge in [-0.05, 0) is 58.2 Å². The minimum absolute atomic E-state index is 0.0483. The Morgan fingerprint density at radius 3 is 2.83 bits per heavy atom. The van der Waals surface area contributed by atoms with Gasteiger partial charge in [-0.15, -0.1) is 0 Å². The molecule has 0 radical (unpaired) electrons. The van der Waals surface area contributed by atoms with Crippen LogP contribution in [-0.4, -0.2) is 35.2 Å². The van der Waals surface area contributed by atoms with Crippen LogP contribution in [0.5, 0.6) is 0 Å². The van der Waals surface area contributed by atoms with Crippen LogP contribution in [0.15, 0.2) is 24.3 Å². The van der Waals surface area contributed by atoms with E-state index in [2.05, 4.69) is 5.32 Å². The fraction of sp³-hybridized carbons (Fsp3) is 0.611. The number of nitrogens with one attached hydrogen (secondary N) is 1. The van der Waals surface area contributed by atoms with Crippen molar-refractivity contribution in [1.82, 2.24) is 10.2 Å². The van der Waals surface area contributed by atoms with E-state index in [1.165, 1.54) is 12.1 Å². The lowest BCUT2D eigenvalue weighted by Crippen LogP contribution is -2.55. The first kappa shape index (κ1) is 17.7. The van der Waals surface area contributed by atoms with E-state index in [0.29, 0.717) is 13.1 Å². The van der Waals surface area contributed by atoms with Crippen LogP contribution in [-0.2, 0) is 11.3 Å². The van der Waals surface area contributed by atoms with Crippen LogP contribution in [0.4, 0.5) is 9.18 Å². The molecule has 1 N–H and O–H groups in total. The van der Waals surface area contributed by atoms with Gasteiger partial charge >= 0.3 is 6.09 Å². The summed E-state index contributed by atoms with van der Waals surface area (Å²) in [5.41, 5.74) is 0.422. The van der Waals surface area contributed by atoms with Gasteiger partial charge in [-0.25, -0.2) is 9.18 Å². The quantitative estimate of drug-likeness (QED) is 0.922. The summed E-state index contributed by atoms with van der Waals surface area (Å²) in [6.45, 7) is 8.97. The number of hydrogen-bond donors (Lipinski definition) is 1. The summed E-state index contributed by atoms with van der Waals surface area (Å²) in [5.74, 6) is -0.226. The zero-order valence-corrected chi connectivity index (χ0v) is 14.4. The number of carbonyl (C=O) groups excluding carboxylic acids is 1. The molecule has 2 unspecified atom stereocenters. The third-order valence-corrected chi connectivity index (χ3v) is 4.07. The van der Waals surface area contributed by atoms with E-state index in [0.717, 1.165) is 18.4 Å². The highest BCUT2D eigenvalue weighted by Crippen LogP contribution is 2.21. The topological polar surface area (TPSA) is 41.6 Å². The van der Waals surface area contributed by atoms with Crippen molar-refractivity contribution in [3.05, 3.63) is 35.6 Å². The van der Waals surface area contributed by atoms with Gasteiger partial charge in [0.05, 0.1) is 0 Å². The standard InChI is InChI=1S/C18H27FN2O2/c1-13-16(20-12-14-7-5-8-15(19)11-14)9-6-10-21(13)17(22)23-18(2,3)4/h5,7-8,11,13,16,20H,6,9-10,12H2,1-4H3. The van der Waals surface area contributed by atoms with Gasteiger partial charge in [-0.1, -0.05) is 12.1 Å². The van der Waals surface area contributed by atoms with Gasteiger partial charge < -0.3 is 15.0 Å². The lowest BCUT2D eigenvalue weighted by Gasteiger charge is -2.40. The molecule has 1 aromatic rings.